The average molecular weight is 253 g/mol. The maximum Gasteiger partial charge on any atom is 0.339 e. The van der Waals surface area contributed by atoms with Gasteiger partial charge in [0.1, 0.15) is 0 Å². The van der Waals surface area contributed by atoms with Crippen LogP contribution in [0.3, 0.4) is 0 Å². The Balaban J connectivity index is 2.27. The molecule has 0 bridgehead atoms. The Labute approximate surface area is 112 Å². The number of nitrogen functional groups attached to an aromatic ring is 1. The Morgan fingerprint density at radius 3 is 2.42 bits per heavy atom. The molecule has 0 aliphatic carbocycles. The molecule has 2 rings (SSSR count). The van der Waals surface area contributed by atoms with Crippen molar-refractivity contribution in [2.45, 2.75) is 0 Å². The van der Waals surface area contributed by atoms with E-state index < -0.39 is 5.97 Å². The number of benzene rings is 2. The minimum Gasteiger partial charge on any atom is -0.465 e. The second-order valence-electron chi connectivity index (χ2n) is 4.08. The van der Waals surface area contributed by atoms with Gasteiger partial charge in [0.05, 0.1) is 12.7 Å². The fourth-order valence-electron chi connectivity index (χ4n) is 1.72. The van der Waals surface area contributed by atoms with Crippen LogP contribution >= 0.6 is 0 Å². The molecule has 0 spiro atoms. The smallest absolute Gasteiger partial charge is 0.339 e. The fourth-order valence-corrected chi connectivity index (χ4v) is 1.72. The van der Waals surface area contributed by atoms with Crippen LogP contribution in [0, 0.1) is 0 Å². The first kappa shape index (κ1) is 12.9. The summed E-state index contributed by atoms with van der Waals surface area (Å²) in [5, 5.41) is 0. The zero-order valence-corrected chi connectivity index (χ0v) is 10.7. The highest BCUT2D eigenvalue weighted by molar-refractivity contribution is 5.96. The lowest BCUT2D eigenvalue weighted by molar-refractivity contribution is 0.0602. The Morgan fingerprint density at radius 2 is 1.74 bits per heavy atom. The number of hydrogen-bond acceptors (Lipinski definition) is 3. The van der Waals surface area contributed by atoms with Crippen LogP contribution in [-0.2, 0) is 4.74 Å². The van der Waals surface area contributed by atoms with Crippen LogP contribution in [0.15, 0.2) is 48.5 Å². The van der Waals surface area contributed by atoms with Gasteiger partial charge in [-0.15, -0.1) is 0 Å². The number of ether oxygens (including phenoxy) is 1. The normalized spacial score (nSPS) is 10.6. The summed E-state index contributed by atoms with van der Waals surface area (Å²) >= 11 is 0. The van der Waals surface area contributed by atoms with Crippen LogP contribution in [0.2, 0.25) is 0 Å². The molecule has 2 aromatic rings. The van der Waals surface area contributed by atoms with Gasteiger partial charge in [0, 0.05) is 5.69 Å². The van der Waals surface area contributed by atoms with Crippen molar-refractivity contribution in [3.63, 3.8) is 0 Å². The number of nitrogens with two attached hydrogens (primary N) is 1. The predicted molar refractivity (Wildman–Crippen MR) is 77.6 cm³/mol. The lowest BCUT2D eigenvalue weighted by Gasteiger charge is -2.04. The molecule has 96 valence electrons. The van der Waals surface area contributed by atoms with Crippen LogP contribution in [0.5, 0.6) is 0 Å². The lowest BCUT2D eigenvalue weighted by atomic mass is 10.1. The quantitative estimate of drug-likeness (QED) is 0.519. The number of esters is 1. The van der Waals surface area contributed by atoms with Gasteiger partial charge in [0.2, 0.25) is 0 Å². The molecule has 0 unspecified atom stereocenters. The predicted octanol–water partition coefficient (Wildman–Crippen LogP) is 3.23. The van der Waals surface area contributed by atoms with Gasteiger partial charge in [-0.25, -0.2) is 4.79 Å². The minimum atomic E-state index is -0.424. The van der Waals surface area contributed by atoms with Crippen molar-refractivity contribution >= 4 is 23.8 Å². The molecule has 0 aromatic heterocycles. The number of carbonyl (C=O) groups excluding carboxylic acids is 1. The summed E-state index contributed by atoms with van der Waals surface area (Å²) in [5.41, 5.74) is 8.55. The molecule has 3 heteroatoms. The number of methoxy groups -OCH3 is 1. The summed E-state index contributed by atoms with van der Waals surface area (Å²) < 4.78 is 4.69. The van der Waals surface area contributed by atoms with Gasteiger partial charge in [-0.2, -0.15) is 0 Å². The monoisotopic (exact) mass is 253 g/mol. The van der Waals surface area contributed by atoms with Crippen molar-refractivity contribution in [1.82, 2.24) is 0 Å². The SMILES string of the molecule is COC(=O)c1cc(C=Cc2ccccc2)ccc1N. The number of hydrogen-bond donors (Lipinski definition) is 1. The van der Waals surface area contributed by atoms with Gasteiger partial charge in [0.15, 0.2) is 0 Å². The molecule has 0 heterocycles. The molecule has 19 heavy (non-hydrogen) atoms. The van der Waals surface area contributed by atoms with E-state index in [-0.39, 0.29) is 0 Å². The molecule has 0 saturated heterocycles. The molecule has 3 nitrogen and oxygen atoms in total. The molecule has 0 aliphatic rings. The minimum absolute atomic E-state index is 0.387. The first-order valence-corrected chi connectivity index (χ1v) is 5.91. The number of rotatable bonds is 3. The fraction of sp³-hybridized carbons (Fsp3) is 0.0625. The van der Waals surface area contributed by atoms with Crippen molar-refractivity contribution in [1.29, 1.82) is 0 Å². The van der Waals surface area contributed by atoms with Crippen molar-refractivity contribution in [2.75, 3.05) is 12.8 Å². The Hall–Kier alpha value is -2.55. The van der Waals surface area contributed by atoms with E-state index >= 15 is 0 Å². The highest BCUT2D eigenvalue weighted by Crippen LogP contribution is 2.17. The largest absolute Gasteiger partial charge is 0.465 e. The second kappa shape index (κ2) is 5.87. The summed E-state index contributed by atoms with van der Waals surface area (Å²) in [4.78, 5) is 11.5. The van der Waals surface area contributed by atoms with Crippen molar-refractivity contribution in [3.8, 4) is 0 Å². The molecular weight excluding hydrogens is 238 g/mol. The lowest BCUT2D eigenvalue weighted by Crippen LogP contribution is -2.05. The van der Waals surface area contributed by atoms with Crippen molar-refractivity contribution in [3.05, 3.63) is 65.2 Å². The van der Waals surface area contributed by atoms with E-state index in [1.807, 2.05) is 48.6 Å². The molecule has 0 aliphatic heterocycles. The van der Waals surface area contributed by atoms with E-state index in [9.17, 15) is 4.79 Å². The van der Waals surface area contributed by atoms with Crippen LogP contribution in [0.1, 0.15) is 21.5 Å². The van der Waals surface area contributed by atoms with Gasteiger partial charge in [0.25, 0.3) is 0 Å². The van der Waals surface area contributed by atoms with E-state index in [1.54, 1.807) is 12.1 Å². The molecule has 0 atom stereocenters. The zero-order valence-electron chi connectivity index (χ0n) is 10.7. The van der Waals surface area contributed by atoms with Crippen LogP contribution in [0.25, 0.3) is 12.2 Å². The van der Waals surface area contributed by atoms with E-state index in [4.69, 9.17) is 10.5 Å². The van der Waals surface area contributed by atoms with E-state index in [2.05, 4.69) is 0 Å². The summed E-state index contributed by atoms with van der Waals surface area (Å²) in [6, 6.07) is 15.2. The summed E-state index contributed by atoms with van der Waals surface area (Å²) in [5.74, 6) is -0.424. The third-order valence-corrected chi connectivity index (χ3v) is 2.75. The van der Waals surface area contributed by atoms with Gasteiger partial charge < -0.3 is 10.5 Å². The van der Waals surface area contributed by atoms with E-state index in [1.165, 1.54) is 7.11 Å². The number of anilines is 1. The van der Waals surface area contributed by atoms with Gasteiger partial charge >= 0.3 is 5.97 Å². The number of carbonyl (C=O) groups is 1. The first-order valence-electron chi connectivity index (χ1n) is 5.91. The van der Waals surface area contributed by atoms with Gasteiger partial charge in [-0.3, -0.25) is 0 Å². The second-order valence-corrected chi connectivity index (χ2v) is 4.08. The molecule has 0 saturated carbocycles. The van der Waals surface area contributed by atoms with E-state index in [0.29, 0.717) is 11.3 Å². The summed E-state index contributed by atoms with van der Waals surface area (Å²) in [6.07, 6.45) is 3.91. The highest BCUT2D eigenvalue weighted by Gasteiger charge is 2.09. The molecule has 0 fully saturated rings. The van der Waals surface area contributed by atoms with E-state index in [0.717, 1.165) is 11.1 Å². The molecule has 0 amide bonds. The van der Waals surface area contributed by atoms with Gasteiger partial charge in [-0.05, 0) is 23.3 Å². The van der Waals surface area contributed by atoms with Crippen LogP contribution in [-0.4, -0.2) is 13.1 Å². The van der Waals surface area contributed by atoms with Crippen LogP contribution in [0.4, 0.5) is 5.69 Å². The Bertz CT molecular complexity index is 603. The van der Waals surface area contributed by atoms with Crippen molar-refractivity contribution in [2.24, 2.45) is 0 Å². The topological polar surface area (TPSA) is 52.3 Å². The molecule has 2 N–H and O–H groups in total. The molecular formula is C16H15NO2. The van der Waals surface area contributed by atoms with Crippen LogP contribution < -0.4 is 5.73 Å². The Kier molecular flexibility index (Phi) is 3.98. The third kappa shape index (κ3) is 3.22. The first-order chi connectivity index (χ1) is 9.20. The average Bonchev–Trinajstić information content (AvgIpc) is 2.46. The molecule has 2 aromatic carbocycles. The zero-order chi connectivity index (χ0) is 13.7. The third-order valence-electron chi connectivity index (χ3n) is 2.75. The van der Waals surface area contributed by atoms with Gasteiger partial charge in [-0.1, -0.05) is 48.6 Å². The standard InChI is InChI=1S/C16H15NO2/c1-19-16(18)14-11-13(9-10-15(14)17)8-7-12-5-3-2-4-6-12/h2-11H,17H2,1H3. The summed E-state index contributed by atoms with van der Waals surface area (Å²) in [6.45, 7) is 0. The maximum atomic E-state index is 11.5. The molecule has 0 radical (unpaired) electrons. The maximum absolute atomic E-state index is 11.5. The van der Waals surface area contributed by atoms with Crippen molar-refractivity contribution < 1.29 is 9.53 Å². The Morgan fingerprint density at radius 1 is 1.05 bits per heavy atom. The summed E-state index contributed by atoms with van der Waals surface area (Å²) in [7, 11) is 1.34. The highest BCUT2D eigenvalue weighted by atomic mass is 16.5.